The van der Waals surface area contributed by atoms with Crippen molar-refractivity contribution in [3.05, 3.63) is 77.8 Å². The van der Waals surface area contributed by atoms with Gasteiger partial charge in [0.2, 0.25) is 0 Å². The average molecular weight is 301 g/mol. The summed E-state index contributed by atoms with van der Waals surface area (Å²) in [7, 11) is 2.09. The van der Waals surface area contributed by atoms with E-state index in [-0.39, 0.29) is 0 Å². The first kappa shape index (κ1) is 13.4. The van der Waals surface area contributed by atoms with E-state index in [1.54, 1.807) is 0 Å². The first-order valence-corrected chi connectivity index (χ1v) is 7.78. The number of hydrogen-bond acceptors (Lipinski definition) is 0. The van der Waals surface area contributed by atoms with Crippen molar-refractivity contribution in [2.24, 2.45) is 0 Å². The summed E-state index contributed by atoms with van der Waals surface area (Å²) in [4.78, 5) is 0. The first-order valence-electron chi connectivity index (χ1n) is 7.40. The second-order valence-corrected chi connectivity index (χ2v) is 6.11. The Labute approximate surface area is 135 Å². The van der Waals surface area contributed by atoms with Gasteiger partial charge in [-0.3, -0.25) is 0 Å². The van der Waals surface area contributed by atoms with Gasteiger partial charge in [0.05, 0.1) is 0 Å². The van der Waals surface area contributed by atoms with Crippen molar-refractivity contribution in [1.82, 2.24) is 0 Å². The van der Waals surface area contributed by atoms with Crippen molar-refractivity contribution in [3.8, 4) is 11.1 Å². The normalized spacial score (nSPS) is 11.1. The van der Waals surface area contributed by atoms with Gasteiger partial charge in [-0.05, 0) is 44.8 Å². The topological polar surface area (TPSA) is 0 Å². The van der Waals surface area contributed by atoms with Crippen LogP contribution < -0.4 is 5.46 Å². The molecule has 4 aromatic rings. The van der Waals surface area contributed by atoms with Gasteiger partial charge in [0.25, 0.3) is 0 Å². The Kier molecular flexibility index (Phi) is 3.17. The van der Waals surface area contributed by atoms with E-state index >= 15 is 0 Å². The predicted molar refractivity (Wildman–Crippen MR) is 100 cm³/mol. The van der Waals surface area contributed by atoms with E-state index in [2.05, 4.69) is 68.5 Å². The number of hydrogen-bond donors (Lipinski definition) is 0. The molecule has 0 bridgehead atoms. The monoisotopic (exact) mass is 300 g/mol. The molecular formula is C20H14BCl. The van der Waals surface area contributed by atoms with Gasteiger partial charge in [-0.2, -0.15) is 0 Å². The maximum absolute atomic E-state index is 6.38. The molecule has 2 heteroatoms. The van der Waals surface area contributed by atoms with Crippen molar-refractivity contribution >= 4 is 46.5 Å². The molecule has 0 aromatic heterocycles. The Morgan fingerprint density at radius 1 is 0.682 bits per heavy atom. The largest absolute Gasteiger partial charge is 0.139 e. The molecule has 0 saturated carbocycles. The van der Waals surface area contributed by atoms with E-state index in [1.807, 2.05) is 12.1 Å². The standard InChI is InChI=1S/C20H14BCl/c21-16-8-10-20(22)19(12-16)15-7-9-18-14(11-15)6-5-13-3-1-2-4-17(13)18/h1-12H,21H2. The van der Waals surface area contributed by atoms with Crippen LogP contribution in [0.2, 0.25) is 5.02 Å². The molecule has 0 aliphatic rings. The molecule has 0 aliphatic carbocycles. The van der Waals surface area contributed by atoms with Gasteiger partial charge in [0.1, 0.15) is 7.85 Å². The van der Waals surface area contributed by atoms with Crippen molar-refractivity contribution in [2.75, 3.05) is 0 Å². The molecule has 4 aromatic carbocycles. The van der Waals surface area contributed by atoms with Crippen molar-refractivity contribution < 1.29 is 0 Å². The van der Waals surface area contributed by atoms with Gasteiger partial charge in [-0.15, -0.1) is 0 Å². The number of halogens is 1. The third kappa shape index (κ3) is 2.19. The number of benzene rings is 4. The van der Waals surface area contributed by atoms with E-state index in [1.165, 1.54) is 27.0 Å². The summed E-state index contributed by atoms with van der Waals surface area (Å²) in [5, 5.41) is 5.89. The molecule has 0 amide bonds. The van der Waals surface area contributed by atoms with Crippen molar-refractivity contribution in [3.63, 3.8) is 0 Å². The van der Waals surface area contributed by atoms with Crippen LogP contribution in [0.25, 0.3) is 32.7 Å². The van der Waals surface area contributed by atoms with Gasteiger partial charge in [0, 0.05) is 5.02 Å². The lowest BCUT2D eigenvalue weighted by Crippen LogP contribution is -2.01. The minimum Gasteiger partial charge on any atom is -0.0883 e. The summed E-state index contributed by atoms with van der Waals surface area (Å²) in [5.74, 6) is 0. The van der Waals surface area contributed by atoms with Crippen LogP contribution in [0.15, 0.2) is 72.8 Å². The molecule has 0 fully saturated rings. The Bertz CT molecular complexity index is 1000. The second-order valence-electron chi connectivity index (χ2n) is 5.71. The van der Waals surface area contributed by atoms with Crippen LogP contribution in [0.3, 0.4) is 0 Å². The van der Waals surface area contributed by atoms with E-state index in [9.17, 15) is 0 Å². The summed E-state index contributed by atoms with van der Waals surface area (Å²) < 4.78 is 0. The highest BCUT2D eigenvalue weighted by Gasteiger charge is 2.06. The Morgan fingerprint density at radius 2 is 1.45 bits per heavy atom. The van der Waals surface area contributed by atoms with Crippen LogP contribution in [0.5, 0.6) is 0 Å². The molecule has 22 heavy (non-hydrogen) atoms. The molecule has 0 heterocycles. The van der Waals surface area contributed by atoms with Gasteiger partial charge >= 0.3 is 0 Å². The minimum absolute atomic E-state index is 0.797. The van der Waals surface area contributed by atoms with E-state index in [4.69, 9.17) is 11.6 Å². The fourth-order valence-electron chi connectivity index (χ4n) is 3.04. The lowest BCUT2D eigenvalue weighted by atomic mass is 9.91. The van der Waals surface area contributed by atoms with E-state index < -0.39 is 0 Å². The molecule has 0 aliphatic heterocycles. The first-order chi connectivity index (χ1) is 10.7. The summed E-state index contributed by atoms with van der Waals surface area (Å²) in [6, 6.07) is 25.6. The Balaban J connectivity index is 1.98. The van der Waals surface area contributed by atoms with Crippen LogP contribution in [0.4, 0.5) is 0 Å². The zero-order valence-corrected chi connectivity index (χ0v) is 13.1. The SMILES string of the molecule is Bc1ccc(Cl)c(-c2ccc3c(ccc4ccccc43)c2)c1. The van der Waals surface area contributed by atoms with Crippen molar-refractivity contribution in [2.45, 2.75) is 0 Å². The maximum Gasteiger partial charge on any atom is 0.139 e. The lowest BCUT2D eigenvalue weighted by Gasteiger charge is -2.09. The molecule has 0 atom stereocenters. The Hall–Kier alpha value is -2.25. The highest BCUT2D eigenvalue weighted by Crippen LogP contribution is 2.32. The molecule has 0 N–H and O–H groups in total. The summed E-state index contributed by atoms with van der Waals surface area (Å²) in [5.41, 5.74) is 3.48. The minimum atomic E-state index is 0.797. The van der Waals surface area contributed by atoms with E-state index in [0.29, 0.717) is 0 Å². The van der Waals surface area contributed by atoms with Crippen LogP contribution in [-0.2, 0) is 0 Å². The van der Waals surface area contributed by atoms with Gasteiger partial charge in [-0.25, -0.2) is 0 Å². The van der Waals surface area contributed by atoms with Gasteiger partial charge in [0.15, 0.2) is 0 Å². The van der Waals surface area contributed by atoms with Crippen LogP contribution in [0.1, 0.15) is 0 Å². The molecule has 0 radical (unpaired) electrons. The second kappa shape index (κ2) is 5.19. The van der Waals surface area contributed by atoms with E-state index in [0.717, 1.165) is 16.1 Å². The molecule has 104 valence electrons. The summed E-state index contributed by atoms with van der Waals surface area (Å²) in [6.07, 6.45) is 0. The van der Waals surface area contributed by atoms with Gasteiger partial charge < -0.3 is 0 Å². The number of rotatable bonds is 1. The third-order valence-corrected chi connectivity index (χ3v) is 4.51. The lowest BCUT2D eigenvalue weighted by molar-refractivity contribution is 1.67. The van der Waals surface area contributed by atoms with Crippen LogP contribution in [0, 0.1) is 0 Å². The quantitative estimate of drug-likeness (QED) is 0.357. The highest BCUT2D eigenvalue weighted by molar-refractivity contribution is 6.36. The molecule has 4 rings (SSSR count). The molecule has 0 unspecified atom stereocenters. The third-order valence-electron chi connectivity index (χ3n) is 4.18. The van der Waals surface area contributed by atoms with Crippen LogP contribution in [-0.4, -0.2) is 7.85 Å². The van der Waals surface area contributed by atoms with Crippen LogP contribution >= 0.6 is 11.6 Å². The zero-order valence-electron chi connectivity index (χ0n) is 12.3. The molecular weight excluding hydrogens is 286 g/mol. The zero-order chi connectivity index (χ0) is 15.1. The predicted octanol–water partition coefficient (Wildman–Crippen LogP) is 4.57. The van der Waals surface area contributed by atoms with Gasteiger partial charge in [-0.1, -0.05) is 77.7 Å². The summed E-state index contributed by atoms with van der Waals surface area (Å²) in [6.45, 7) is 0. The fraction of sp³-hybridized carbons (Fsp3) is 0. The molecule has 0 nitrogen and oxygen atoms in total. The molecule has 0 saturated heterocycles. The summed E-state index contributed by atoms with van der Waals surface area (Å²) >= 11 is 6.38. The maximum atomic E-state index is 6.38. The Morgan fingerprint density at radius 3 is 2.36 bits per heavy atom. The number of fused-ring (bicyclic) bond motifs is 3. The smallest absolute Gasteiger partial charge is 0.0883 e. The highest BCUT2D eigenvalue weighted by atomic mass is 35.5. The van der Waals surface area contributed by atoms with Crippen molar-refractivity contribution in [1.29, 1.82) is 0 Å². The molecule has 0 spiro atoms. The average Bonchev–Trinajstić information content (AvgIpc) is 2.56. The fourth-order valence-corrected chi connectivity index (χ4v) is 3.27.